The molecule has 1 amide bonds. The number of hydrogen-bond donors (Lipinski definition) is 4. The minimum atomic E-state index is -1.33. The van der Waals surface area contributed by atoms with Crippen LogP contribution in [0.5, 0.6) is 0 Å². The van der Waals surface area contributed by atoms with E-state index in [1.807, 2.05) is 0 Å². The summed E-state index contributed by atoms with van der Waals surface area (Å²) in [5.41, 5.74) is -1.13. The minimum Gasteiger partial charge on any atom is -0.393 e. The SMILES string of the molecule is CC(O)(CO)CNC(=O)c1cn(C2CNC2)nn1. The molecule has 2 rings (SSSR count). The first kappa shape index (κ1) is 12.9. The van der Waals surface area contributed by atoms with E-state index in [0.29, 0.717) is 0 Å². The van der Waals surface area contributed by atoms with Crippen molar-refractivity contribution in [3.8, 4) is 0 Å². The lowest BCUT2D eigenvalue weighted by molar-refractivity contribution is 0.00316. The molecule has 0 radical (unpaired) electrons. The van der Waals surface area contributed by atoms with Gasteiger partial charge in [0.2, 0.25) is 0 Å². The van der Waals surface area contributed by atoms with E-state index >= 15 is 0 Å². The number of hydrogen-bond acceptors (Lipinski definition) is 6. The van der Waals surface area contributed by atoms with E-state index < -0.39 is 18.1 Å². The Hall–Kier alpha value is -1.51. The topological polar surface area (TPSA) is 112 Å². The monoisotopic (exact) mass is 255 g/mol. The number of nitrogens with zero attached hydrogens (tertiary/aromatic N) is 3. The van der Waals surface area contributed by atoms with Gasteiger partial charge in [-0.1, -0.05) is 5.21 Å². The van der Waals surface area contributed by atoms with Crippen LogP contribution in [-0.4, -0.2) is 63.0 Å². The first-order chi connectivity index (χ1) is 8.52. The third-order valence-electron chi connectivity index (χ3n) is 2.85. The van der Waals surface area contributed by atoms with Gasteiger partial charge in [0.05, 0.1) is 18.8 Å². The summed E-state index contributed by atoms with van der Waals surface area (Å²) in [6.07, 6.45) is 1.58. The Morgan fingerprint density at radius 3 is 3.00 bits per heavy atom. The molecule has 1 aliphatic rings. The van der Waals surface area contributed by atoms with Crippen LogP contribution in [-0.2, 0) is 0 Å². The van der Waals surface area contributed by atoms with E-state index in [4.69, 9.17) is 5.11 Å². The molecular weight excluding hydrogens is 238 g/mol. The lowest BCUT2D eigenvalue weighted by atomic mass is 10.1. The van der Waals surface area contributed by atoms with Crippen LogP contribution < -0.4 is 10.6 Å². The van der Waals surface area contributed by atoms with Crippen LogP contribution in [0.4, 0.5) is 0 Å². The number of rotatable bonds is 5. The van der Waals surface area contributed by atoms with Crippen molar-refractivity contribution in [3.05, 3.63) is 11.9 Å². The lowest BCUT2D eigenvalue weighted by Gasteiger charge is -2.26. The van der Waals surface area contributed by atoms with Crippen LogP contribution in [0, 0.1) is 0 Å². The summed E-state index contributed by atoms with van der Waals surface area (Å²) in [7, 11) is 0. The number of aliphatic hydroxyl groups excluding tert-OH is 1. The highest BCUT2D eigenvalue weighted by molar-refractivity contribution is 5.91. The van der Waals surface area contributed by atoms with Gasteiger partial charge < -0.3 is 20.8 Å². The van der Waals surface area contributed by atoms with E-state index in [1.165, 1.54) is 6.92 Å². The number of carbonyl (C=O) groups excluding carboxylic acids is 1. The quantitative estimate of drug-likeness (QED) is 0.479. The van der Waals surface area contributed by atoms with Gasteiger partial charge in [0.15, 0.2) is 5.69 Å². The second kappa shape index (κ2) is 5.01. The molecule has 8 nitrogen and oxygen atoms in total. The molecule has 100 valence electrons. The summed E-state index contributed by atoms with van der Waals surface area (Å²) in [6, 6.07) is 0.250. The molecular formula is C10H17N5O3. The number of nitrogens with one attached hydrogen (secondary N) is 2. The maximum Gasteiger partial charge on any atom is 0.273 e. The molecule has 4 N–H and O–H groups in total. The van der Waals surface area contributed by atoms with Gasteiger partial charge in [-0.15, -0.1) is 5.10 Å². The number of aromatic nitrogens is 3. The van der Waals surface area contributed by atoms with Crippen molar-refractivity contribution < 1.29 is 15.0 Å². The van der Waals surface area contributed by atoms with Crippen LogP contribution >= 0.6 is 0 Å². The standard InChI is InChI=1S/C10H17N5O3/c1-10(18,6-16)5-12-9(17)8-4-15(14-13-8)7-2-11-3-7/h4,7,11,16,18H,2-3,5-6H2,1H3,(H,12,17). The van der Waals surface area contributed by atoms with E-state index in [9.17, 15) is 9.90 Å². The van der Waals surface area contributed by atoms with Gasteiger partial charge in [0.25, 0.3) is 5.91 Å². The molecule has 0 spiro atoms. The Bertz CT molecular complexity index is 427. The average molecular weight is 255 g/mol. The van der Waals surface area contributed by atoms with Crippen LogP contribution in [0.15, 0.2) is 6.20 Å². The third kappa shape index (κ3) is 2.84. The Morgan fingerprint density at radius 1 is 1.72 bits per heavy atom. The van der Waals surface area contributed by atoms with Crippen molar-refractivity contribution in [1.82, 2.24) is 25.6 Å². The van der Waals surface area contributed by atoms with Crippen molar-refractivity contribution >= 4 is 5.91 Å². The summed E-state index contributed by atoms with van der Waals surface area (Å²) in [4.78, 5) is 11.7. The molecule has 2 heterocycles. The summed E-state index contributed by atoms with van der Waals surface area (Å²) in [6.45, 7) is 2.62. The van der Waals surface area contributed by atoms with E-state index in [-0.39, 0.29) is 18.3 Å². The smallest absolute Gasteiger partial charge is 0.273 e. The van der Waals surface area contributed by atoms with Crippen LogP contribution in [0.3, 0.4) is 0 Å². The Kier molecular flexibility index (Phi) is 3.60. The average Bonchev–Trinajstić information content (AvgIpc) is 2.73. The second-order valence-corrected chi connectivity index (χ2v) is 4.73. The maximum atomic E-state index is 11.7. The van der Waals surface area contributed by atoms with Crippen molar-refractivity contribution in [2.75, 3.05) is 26.2 Å². The van der Waals surface area contributed by atoms with E-state index in [2.05, 4.69) is 20.9 Å². The zero-order valence-corrected chi connectivity index (χ0v) is 10.1. The molecule has 1 aromatic rings. The first-order valence-corrected chi connectivity index (χ1v) is 5.76. The zero-order valence-electron chi connectivity index (χ0n) is 10.1. The van der Waals surface area contributed by atoms with E-state index in [0.717, 1.165) is 13.1 Å². The van der Waals surface area contributed by atoms with Gasteiger partial charge in [-0.2, -0.15) is 0 Å². The van der Waals surface area contributed by atoms with Crippen LogP contribution in [0.1, 0.15) is 23.5 Å². The van der Waals surface area contributed by atoms with Crippen molar-refractivity contribution in [2.24, 2.45) is 0 Å². The van der Waals surface area contributed by atoms with Crippen LogP contribution in [0.2, 0.25) is 0 Å². The summed E-state index contributed by atoms with van der Waals surface area (Å²) >= 11 is 0. The number of amides is 1. The van der Waals surface area contributed by atoms with Gasteiger partial charge in [0.1, 0.15) is 5.60 Å². The third-order valence-corrected chi connectivity index (χ3v) is 2.85. The van der Waals surface area contributed by atoms with Gasteiger partial charge in [-0.05, 0) is 6.92 Å². The second-order valence-electron chi connectivity index (χ2n) is 4.73. The fourth-order valence-corrected chi connectivity index (χ4v) is 1.44. The molecule has 1 aliphatic heterocycles. The first-order valence-electron chi connectivity index (χ1n) is 5.76. The Morgan fingerprint density at radius 2 is 2.44 bits per heavy atom. The van der Waals surface area contributed by atoms with Crippen LogP contribution in [0.25, 0.3) is 0 Å². The molecule has 0 saturated carbocycles. The van der Waals surface area contributed by atoms with E-state index in [1.54, 1.807) is 10.9 Å². The molecule has 1 saturated heterocycles. The maximum absolute atomic E-state index is 11.7. The summed E-state index contributed by atoms with van der Waals surface area (Å²) < 4.78 is 1.65. The van der Waals surface area contributed by atoms with Crippen molar-refractivity contribution in [1.29, 1.82) is 0 Å². The zero-order chi connectivity index (χ0) is 13.2. The largest absolute Gasteiger partial charge is 0.393 e. The van der Waals surface area contributed by atoms with Crippen molar-refractivity contribution in [3.63, 3.8) is 0 Å². The number of carbonyl (C=O) groups is 1. The summed E-state index contributed by atoms with van der Waals surface area (Å²) in [5, 5.41) is 31.7. The molecule has 1 fully saturated rings. The Balaban J connectivity index is 1.90. The molecule has 8 heteroatoms. The van der Waals surface area contributed by atoms with Gasteiger partial charge in [-0.3, -0.25) is 4.79 Å². The summed E-state index contributed by atoms with van der Waals surface area (Å²) in [5.74, 6) is -0.415. The molecule has 1 aromatic heterocycles. The predicted octanol–water partition coefficient (Wildman–Crippen LogP) is -2.10. The Labute approximate surface area is 104 Å². The molecule has 0 aliphatic carbocycles. The highest BCUT2D eigenvalue weighted by atomic mass is 16.3. The fourth-order valence-electron chi connectivity index (χ4n) is 1.44. The van der Waals surface area contributed by atoms with Crippen molar-refractivity contribution in [2.45, 2.75) is 18.6 Å². The molecule has 0 bridgehead atoms. The molecule has 1 atom stereocenters. The van der Waals surface area contributed by atoms with Gasteiger partial charge >= 0.3 is 0 Å². The lowest BCUT2D eigenvalue weighted by Crippen LogP contribution is -2.44. The molecule has 1 unspecified atom stereocenters. The van der Waals surface area contributed by atoms with Gasteiger partial charge in [0, 0.05) is 19.6 Å². The fraction of sp³-hybridized carbons (Fsp3) is 0.700. The molecule has 18 heavy (non-hydrogen) atoms. The molecule has 0 aromatic carbocycles. The van der Waals surface area contributed by atoms with Gasteiger partial charge in [-0.25, -0.2) is 4.68 Å². The predicted molar refractivity (Wildman–Crippen MR) is 62.0 cm³/mol. The number of aliphatic hydroxyl groups is 2. The normalized spacial score (nSPS) is 19.1. The highest BCUT2D eigenvalue weighted by Gasteiger charge is 2.23. The highest BCUT2D eigenvalue weighted by Crippen LogP contribution is 2.09. The minimum absolute atomic E-state index is 0.0415.